The highest BCUT2D eigenvalue weighted by molar-refractivity contribution is 5.88. The fourth-order valence-electron chi connectivity index (χ4n) is 2.73. The summed E-state index contributed by atoms with van der Waals surface area (Å²) in [6, 6.07) is 3.73. The van der Waals surface area contributed by atoms with Gasteiger partial charge in [0.25, 0.3) is 0 Å². The molecule has 1 amide bonds. The molecule has 3 aromatic heterocycles. The maximum atomic E-state index is 11.5. The van der Waals surface area contributed by atoms with E-state index in [4.69, 9.17) is 4.74 Å². The minimum atomic E-state index is -0.270. The van der Waals surface area contributed by atoms with E-state index in [9.17, 15) is 4.79 Å². The Morgan fingerprint density at radius 2 is 2.12 bits per heavy atom. The topological polar surface area (TPSA) is 98.1 Å². The normalized spacial score (nSPS) is 14.1. The molecule has 0 saturated carbocycles. The minimum absolute atomic E-state index is 0.270. The first-order valence-corrected chi connectivity index (χ1v) is 7.98. The lowest BCUT2D eigenvalue weighted by atomic mass is 10.2. The number of hydrogen-bond acceptors (Lipinski definition) is 7. The van der Waals surface area contributed by atoms with E-state index in [0.29, 0.717) is 37.9 Å². The molecule has 1 aliphatic rings. The number of anilines is 1. The Bertz CT molecular complexity index is 909. The number of aromatic nitrogens is 5. The average Bonchev–Trinajstić information content (AvgIpc) is 3.22. The number of hydrogen-bond donors (Lipinski definition) is 1. The van der Waals surface area contributed by atoms with Gasteiger partial charge in [-0.15, -0.1) is 0 Å². The second-order valence-electron chi connectivity index (χ2n) is 5.67. The van der Waals surface area contributed by atoms with Crippen molar-refractivity contribution >= 4 is 22.9 Å². The standard InChI is InChI=1S/C16H17N7O2/c1-22-15-12(10-19-22)14(18-6-7-23-8-9-25-16(23)24)20-13(21-15)11-2-4-17-5-3-11/h2-5,10H,6-9H2,1H3,(H,18,20,21). The number of aryl methyl sites for hydroxylation is 1. The first kappa shape index (κ1) is 15.3. The predicted octanol–water partition coefficient (Wildman–Crippen LogP) is 1.29. The number of carbonyl (C=O) groups excluding carboxylic acids is 1. The van der Waals surface area contributed by atoms with Gasteiger partial charge in [0.15, 0.2) is 11.5 Å². The van der Waals surface area contributed by atoms with E-state index >= 15 is 0 Å². The first-order chi connectivity index (χ1) is 12.2. The van der Waals surface area contributed by atoms with Gasteiger partial charge in [-0.1, -0.05) is 0 Å². The van der Waals surface area contributed by atoms with Gasteiger partial charge in [-0.3, -0.25) is 9.67 Å². The molecule has 0 aliphatic carbocycles. The van der Waals surface area contributed by atoms with Gasteiger partial charge in [0.1, 0.15) is 12.4 Å². The Morgan fingerprint density at radius 3 is 2.88 bits per heavy atom. The number of rotatable bonds is 5. The van der Waals surface area contributed by atoms with Crippen LogP contribution in [-0.4, -0.2) is 62.0 Å². The van der Waals surface area contributed by atoms with E-state index < -0.39 is 0 Å². The smallest absolute Gasteiger partial charge is 0.409 e. The predicted molar refractivity (Wildman–Crippen MR) is 90.9 cm³/mol. The van der Waals surface area contributed by atoms with Crippen molar-refractivity contribution in [1.82, 2.24) is 29.6 Å². The van der Waals surface area contributed by atoms with Crippen molar-refractivity contribution in [2.45, 2.75) is 0 Å². The SMILES string of the molecule is Cn1ncc2c(NCCN3CCOC3=O)nc(-c3ccncc3)nc21. The zero-order valence-electron chi connectivity index (χ0n) is 13.7. The van der Waals surface area contributed by atoms with Crippen LogP contribution in [0.15, 0.2) is 30.7 Å². The maximum Gasteiger partial charge on any atom is 0.409 e. The molecule has 128 valence electrons. The quantitative estimate of drug-likeness (QED) is 0.748. The van der Waals surface area contributed by atoms with Crippen LogP contribution in [0, 0.1) is 0 Å². The van der Waals surface area contributed by atoms with E-state index in [1.807, 2.05) is 19.2 Å². The number of ether oxygens (including phenoxy) is 1. The molecule has 0 unspecified atom stereocenters. The van der Waals surface area contributed by atoms with Crippen LogP contribution in [0.2, 0.25) is 0 Å². The van der Waals surface area contributed by atoms with E-state index in [2.05, 4.69) is 25.4 Å². The fraction of sp³-hybridized carbons (Fsp3) is 0.312. The lowest BCUT2D eigenvalue weighted by molar-refractivity contribution is 0.159. The third-order valence-electron chi connectivity index (χ3n) is 4.05. The second-order valence-corrected chi connectivity index (χ2v) is 5.67. The fourth-order valence-corrected chi connectivity index (χ4v) is 2.73. The highest BCUT2D eigenvalue weighted by atomic mass is 16.6. The van der Waals surface area contributed by atoms with Crippen molar-refractivity contribution < 1.29 is 9.53 Å². The summed E-state index contributed by atoms with van der Waals surface area (Å²) in [7, 11) is 1.84. The molecular weight excluding hydrogens is 322 g/mol. The Hall–Kier alpha value is -3.23. The molecule has 9 heteroatoms. The molecule has 9 nitrogen and oxygen atoms in total. The highest BCUT2D eigenvalue weighted by Gasteiger charge is 2.21. The van der Waals surface area contributed by atoms with Gasteiger partial charge in [0.05, 0.1) is 18.1 Å². The summed E-state index contributed by atoms with van der Waals surface area (Å²) < 4.78 is 6.65. The van der Waals surface area contributed by atoms with Crippen molar-refractivity contribution in [3.8, 4) is 11.4 Å². The molecule has 4 heterocycles. The number of pyridine rings is 1. The van der Waals surface area contributed by atoms with E-state index in [-0.39, 0.29) is 6.09 Å². The summed E-state index contributed by atoms with van der Waals surface area (Å²) in [5, 5.41) is 8.39. The molecule has 0 atom stereocenters. The van der Waals surface area contributed by atoms with Crippen molar-refractivity contribution in [3.05, 3.63) is 30.7 Å². The monoisotopic (exact) mass is 339 g/mol. The summed E-state index contributed by atoms with van der Waals surface area (Å²) in [5.41, 5.74) is 1.62. The molecule has 1 aliphatic heterocycles. The van der Waals surface area contributed by atoms with Gasteiger partial charge in [0, 0.05) is 38.1 Å². The summed E-state index contributed by atoms with van der Waals surface area (Å²) in [4.78, 5) is 26.4. The van der Waals surface area contributed by atoms with Gasteiger partial charge in [-0.25, -0.2) is 14.8 Å². The number of carbonyl (C=O) groups is 1. The summed E-state index contributed by atoms with van der Waals surface area (Å²) in [6.45, 7) is 2.18. The van der Waals surface area contributed by atoms with Crippen LogP contribution in [0.25, 0.3) is 22.4 Å². The van der Waals surface area contributed by atoms with Crippen LogP contribution in [-0.2, 0) is 11.8 Å². The van der Waals surface area contributed by atoms with E-state index in [0.717, 1.165) is 16.6 Å². The molecular formula is C16H17N7O2. The molecule has 0 bridgehead atoms. The van der Waals surface area contributed by atoms with Crippen molar-refractivity contribution in [3.63, 3.8) is 0 Å². The second kappa shape index (κ2) is 6.34. The van der Waals surface area contributed by atoms with Gasteiger partial charge < -0.3 is 15.0 Å². The molecule has 4 rings (SSSR count). The van der Waals surface area contributed by atoms with E-state index in [1.54, 1.807) is 28.2 Å². The molecule has 3 aromatic rings. The van der Waals surface area contributed by atoms with Crippen LogP contribution in [0.4, 0.5) is 10.6 Å². The lowest BCUT2D eigenvalue weighted by Crippen LogP contribution is -2.29. The van der Waals surface area contributed by atoms with Gasteiger partial charge in [-0.05, 0) is 12.1 Å². The van der Waals surface area contributed by atoms with E-state index in [1.165, 1.54) is 0 Å². The number of nitrogens with one attached hydrogen (secondary N) is 1. The van der Waals surface area contributed by atoms with Gasteiger partial charge in [0.2, 0.25) is 0 Å². The number of fused-ring (bicyclic) bond motifs is 1. The highest BCUT2D eigenvalue weighted by Crippen LogP contribution is 2.24. The zero-order chi connectivity index (χ0) is 17.2. The van der Waals surface area contributed by atoms with Gasteiger partial charge >= 0.3 is 6.09 Å². The molecule has 1 fully saturated rings. The largest absolute Gasteiger partial charge is 0.448 e. The summed E-state index contributed by atoms with van der Waals surface area (Å²) in [6.07, 6.45) is 4.88. The Labute approximate surface area is 143 Å². The first-order valence-electron chi connectivity index (χ1n) is 7.98. The molecule has 25 heavy (non-hydrogen) atoms. The third-order valence-corrected chi connectivity index (χ3v) is 4.05. The minimum Gasteiger partial charge on any atom is -0.448 e. The molecule has 1 N–H and O–H groups in total. The Balaban J connectivity index is 1.61. The van der Waals surface area contributed by atoms with Crippen LogP contribution in [0.3, 0.4) is 0 Å². The zero-order valence-corrected chi connectivity index (χ0v) is 13.7. The van der Waals surface area contributed by atoms with Crippen molar-refractivity contribution in [2.75, 3.05) is 31.6 Å². The van der Waals surface area contributed by atoms with Crippen LogP contribution in [0.5, 0.6) is 0 Å². The van der Waals surface area contributed by atoms with Gasteiger partial charge in [-0.2, -0.15) is 5.10 Å². The summed E-state index contributed by atoms with van der Waals surface area (Å²) in [5.74, 6) is 1.29. The third kappa shape index (κ3) is 2.95. The molecule has 0 radical (unpaired) electrons. The number of nitrogens with zero attached hydrogens (tertiary/aromatic N) is 6. The molecule has 1 saturated heterocycles. The lowest BCUT2D eigenvalue weighted by Gasteiger charge is -2.14. The van der Waals surface area contributed by atoms with Crippen LogP contribution < -0.4 is 5.32 Å². The number of amides is 1. The van der Waals surface area contributed by atoms with Crippen LogP contribution >= 0.6 is 0 Å². The average molecular weight is 339 g/mol. The van der Waals surface area contributed by atoms with Crippen molar-refractivity contribution in [1.29, 1.82) is 0 Å². The Kier molecular flexibility index (Phi) is 3.88. The van der Waals surface area contributed by atoms with Crippen LogP contribution in [0.1, 0.15) is 0 Å². The summed E-state index contributed by atoms with van der Waals surface area (Å²) >= 11 is 0. The number of cyclic esters (lactones) is 1. The molecule has 0 aromatic carbocycles. The Morgan fingerprint density at radius 1 is 1.28 bits per heavy atom. The molecule has 0 spiro atoms. The maximum absolute atomic E-state index is 11.5. The van der Waals surface area contributed by atoms with Crippen molar-refractivity contribution in [2.24, 2.45) is 7.05 Å².